The van der Waals surface area contributed by atoms with Gasteiger partial charge < -0.3 is 10.4 Å². The van der Waals surface area contributed by atoms with Crippen LogP contribution in [0, 0.1) is 18.8 Å². The van der Waals surface area contributed by atoms with Crippen molar-refractivity contribution in [2.75, 3.05) is 5.32 Å². The SMILES string of the molecule is Cc1cc(Br)cnc1NC(=O)[C@@H]1C[C@@H]1C(=O)O. The van der Waals surface area contributed by atoms with Crippen LogP contribution in [0.5, 0.6) is 0 Å². The van der Waals surface area contributed by atoms with E-state index in [-0.39, 0.29) is 5.91 Å². The average molecular weight is 299 g/mol. The van der Waals surface area contributed by atoms with Crippen molar-refractivity contribution in [2.45, 2.75) is 13.3 Å². The first kappa shape index (κ1) is 12.0. The smallest absolute Gasteiger partial charge is 0.307 e. The van der Waals surface area contributed by atoms with E-state index in [0.29, 0.717) is 12.2 Å². The summed E-state index contributed by atoms with van der Waals surface area (Å²) < 4.78 is 0.836. The number of aliphatic carboxylic acids is 1. The molecule has 1 aliphatic carbocycles. The van der Waals surface area contributed by atoms with E-state index >= 15 is 0 Å². The summed E-state index contributed by atoms with van der Waals surface area (Å²) in [4.78, 5) is 26.4. The maximum atomic E-state index is 11.7. The van der Waals surface area contributed by atoms with Crippen molar-refractivity contribution in [3.8, 4) is 0 Å². The fourth-order valence-electron chi connectivity index (χ4n) is 1.64. The summed E-state index contributed by atoms with van der Waals surface area (Å²) in [6.45, 7) is 1.83. The van der Waals surface area contributed by atoms with Crippen molar-refractivity contribution >= 4 is 33.6 Å². The lowest BCUT2D eigenvalue weighted by atomic mass is 10.2. The van der Waals surface area contributed by atoms with E-state index in [0.717, 1.165) is 10.0 Å². The van der Waals surface area contributed by atoms with E-state index < -0.39 is 17.8 Å². The van der Waals surface area contributed by atoms with Gasteiger partial charge in [-0.2, -0.15) is 0 Å². The molecule has 1 saturated carbocycles. The maximum absolute atomic E-state index is 11.7. The van der Waals surface area contributed by atoms with Gasteiger partial charge in [-0.15, -0.1) is 0 Å². The molecule has 0 radical (unpaired) electrons. The van der Waals surface area contributed by atoms with Crippen LogP contribution in [0.15, 0.2) is 16.7 Å². The van der Waals surface area contributed by atoms with E-state index in [2.05, 4.69) is 26.2 Å². The summed E-state index contributed by atoms with van der Waals surface area (Å²) in [7, 11) is 0. The fraction of sp³-hybridized carbons (Fsp3) is 0.364. The first-order valence-electron chi connectivity index (χ1n) is 5.15. The standard InChI is InChI=1S/C11H11BrN2O3/c1-5-2-6(12)4-13-9(5)14-10(15)7-3-8(7)11(16)17/h2,4,7-8H,3H2,1H3,(H,16,17)(H,13,14,15)/t7-,8+/m1/s1. The Balaban J connectivity index is 2.02. The summed E-state index contributed by atoms with van der Waals surface area (Å²) in [6, 6.07) is 1.84. The van der Waals surface area contributed by atoms with Crippen LogP contribution in [-0.4, -0.2) is 22.0 Å². The molecule has 0 bridgehead atoms. The average Bonchev–Trinajstić information content (AvgIpc) is 3.01. The summed E-state index contributed by atoms with van der Waals surface area (Å²) >= 11 is 3.28. The van der Waals surface area contributed by atoms with Crippen LogP contribution in [0.25, 0.3) is 0 Å². The fourth-order valence-corrected chi connectivity index (χ4v) is 2.08. The van der Waals surface area contributed by atoms with Gasteiger partial charge in [0.25, 0.3) is 0 Å². The van der Waals surface area contributed by atoms with E-state index in [4.69, 9.17) is 5.11 Å². The highest BCUT2D eigenvalue weighted by atomic mass is 79.9. The normalized spacial score (nSPS) is 22.0. The maximum Gasteiger partial charge on any atom is 0.307 e. The third-order valence-electron chi connectivity index (χ3n) is 2.73. The molecular weight excluding hydrogens is 288 g/mol. The van der Waals surface area contributed by atoms with Gasteiger partial charge in [-0.1, -0.05) is 0 Å². The second-order valence-electron chi connectivity index (χ2n) is 4.10. The minimum absolute atomic E-state index is 0.268. The number of amides is 1. The van der Waals surface area contributed by atoms with Crippen molar-refractivity contribution < 1.29 is 14.7 Å². The third-order valence-corrected chi connectivity index (χ3v) is 3.16. The molecule has 1 aromatic rings. The number of halogens is 1. The Labute approximate surface area is 106 Å². The van der Waals surface area contributed by atoms with Crippen LogP contribution in [0.2, 0.25) is 0 Å². The number of carbonyl (C=O) groups is 2. The number of carboxylic acids is 1. The number of hydrogen-bond acceptors (Lipinski definition) is 3. The second kappa shape index (κ2) is 4.44. The zero-order valence-corrected chi connectivity index (χ0v) is 10.7. The molecule has 0 spiro atoms. The van der Waals surface area contributed by atoms with E-state index in [1.165, 1.54) is 0 Å². The molecule has 1 aromatic heterocycles. The third kappa shape index (κ3) is 2.63. The van der Waals surface area contributed by atoms with Gasteiger partial charge in [0.05, 0.1) is 11.8 Å². The van der Waals surface area contributed by atoms with Gasteiger partial charge in [-0.3, -0.25) is 9.59 Å². The topological polar surface area (TPSA) is 79.3 Å². The first-order chi connectivity index (χ1) is 7.99. The van der Waals surface area contributed by atoms with Crippen LogP contribution in [0.4, 0.5) is 5.82 Å². The largest absolute Gasteiger partial charge is 0.481 e. The lowest BCUT2D eigenvalue weighted by molar-refractivity contribution is -0.139. The molecule has 0 aromatic carbocycles. The Hall–Kier alpha value is -1.43. The molecule has 17 heavy (non-hydrogen) atoms. The predicted octanol–water partition coefficient (Wildman–Crippen LogP) is 1.81. The summed E-state index contributed by atoms with van der Waals surface area (Å²) in [5.74, 6) is -1.65. The van der Waals surface area contributed by atoms with Crippen LogP contribution < -0.4 is 5.32 Å². The summed E-state index contributed by atoms with van der Waals surface area (Å²) in [6.07, 6.45) is 2.00. The number of anilines is 1. The molecule has 2 atom stereocenters. The zero-order chi connectivity index (χ0) is 12.6. The highest BCUT2D eigenvalue weighted by Crippen LogP contribution is 2.39. The van der Waals surface area contributed by atoms with Crippen LogP contribution >= 0.6 is 15.9 Å². The van der Waals surface area contributed by atoms with Gasteiger partial charge in [0, 0.05) is 10.7 Å². The van der Waals surface area contributed by atoms with Crippen molar-refractivity contribution in [3.05, 3.63) is 22.3 Å². The minimum atomic E-state index is -0.911. The summed E-state index contributed by atoms with van der Waals surface area (Å²) in [5, 5.41) is 11.4. The Morgan fingerprint density at radius 1 is 1.53 bits per heavy atom. The lowest BCUT2D eigenvalue weighted by Gasteiger charge is -2.06. The van der Waals surface area contributed by atoms with E-state index in [9.17, 15) is 9.59 Å². The number of carbonyl (C=O) groups excluding carboxylic acids is 1. The Kier molecular flexibility index (Phi) is 3.15. The van der Waals surface area contributed by atoms with Gasteiger partial charge in [-0.25, -0.2) is 4.98 Å². The van der Waals surface area contributed by atoms with Gasteiger partial charge in [0.1, 0.15) is 5.82 Å². The van der Waals surface area contributed by atoms with Crippen molar-refractivity contribution in [1.29, 1.82) is 0 Å². The molecule has 1 heterocycles. The number of aromatic nitrogens is 1. The van der Waals surface area contributed by atoms with Gasteiger partial charge in [-0.05, 0) is 40.9 Å². The van der Waals surface area contributed by atoms with Crippen LogP contribution in [-0.2, 0) is 9.59 Å². The number of rotatable bonds is 3. The van der Waals surface area contributed by atoms with E-state index in [1.807, 2.05) is 13.0 Å². The lowest BCUT2D eigenvalue weighted by Crippen LogP contribution is -2.18. The number of aryl methyl sites for hydroxylation is 1. The number of hydrogen-bond donors (Lipinski definition) is 2. The molecule has 1 aliphatic rings. The Morgan fingerprint density at radius 2 is 2.24 bits per heavy atom. The highest BCUT2D eigenvalue weighted by molar-refractivity contribution is 9.10. The number of pyridine rings is 1. The number of carboxylic acid groups (broad SMARTS) is 1. The molecule has 2 N–H and O–H groups in total. The Morgan fingerprint density at radius 3 is 2.76 bits per heavy atom. The second-order valence-corrected chi connectivity index (χ2v) is 5.01. The quantitative estimate of drug-likeness (QED) is 0.892. The zero-order valence-electron chi connectivity index (χ0n) is 9.11. The number of nitrogens with one attached hydrogen (secondary N) is 1. The molecule has 2 rings (SSSR count). The molecule has 1 fully saturated rings. The van der Waals surface area contributed by atoms with E-state index in [1.54, 1.807) is 6.20 Å². The molecule has 90 valence electrons. The van der Waals surface area contributed by atoms with Crippen molar-refractivity contribution in [1.82, 2.24) is 4.98 Å². The van der Waals surface area contributed by atoms with Crippen LogP contribution in [0.3, 0.4) is 0 Å². The van der Waals surface area contributed by atoms with Gasteiger partial charge >= 0.3 is 5.97 Å². The molecule has 0 unspecified atom stereocenters. The van der Waals surface area contributed by atoms with Gasteiger partial charge in [0.15, 0.2) is 0 Å². The molecular formula is C11H11BrN2O3. The highest BCUT2D eigenvalue weighted by Gasteiger charge is 2.48. The van der Waals surface area contributed by atoms with Crippen molar-refractivity contribution in [3.63, 3.8) is 0 Å². The molecule has 1 amide bonds. The molecule has 0 saturated heterocycles. The summed E-state index contributed by atoms with van der Waals surface area (Å²) in [5.41, 5.74) is 0.834. The predicted molar refractivity (Wildman–Crippen MR) is 64.5 cm³/mol. The molecule has 6 heteroatoms. The first-order valence-corrected chi connectivity index (χ1v) is 5.94. The van der Waals surface area contributed by atoms with Crippen molar-refractivity contribution in [2.24, 2.45) is 11.8 Å². The minimum Gasteiger partial charge on any atom is -0.481 e. The molecule has 0 aliphatic heterocycles. The number of nitrogens with zero attached hydrogens (tertiary/aromatic N) is 1. The van der Waals surface area contributed by atoms with Gasteiger partial charge in [0.2, 0.25) is 5.91 Å². The monoisotopic (exact) mass is 298 g/mol. The van der Waals surface area contributed by atoms with Crippen LogP contribution in [0.1, 0.15) is 12.0 Å². The molecule has 5 nitrogen and oxygen atoms in total. The Bertz CT molecular complexity index is 490.